The first kappa shape index (κ1) is 18.3. The Morgan fingerprint density at radius 2 is 1.04 bits per heavy atom. The van der Waals surface area contributed by atoms with E-state index >= 15 is 0 Å². The summed E-state index contributed by atoms with van der Waals surface area (Å²) in [6.07, 6.45) is 0. The third-order valence-corrected chi connectivity index (χ3v) is 7.30. The fraction of sp³-hybridized carbons (Fsp3) is 0.0526. The minimum absolute atomic E-state index is 0.337. The van der Waals surface area contributed by atoms with Crippen molar-refractivity contribution < 1.29 is 22.7 Å². The molecule has 0 heterocycles. The predicted octanol–water partition coefficient (Wildman–Crippen LogP) is 5.85. The van der Waals surface area contributed by atoms with Crippen LogP contribution in [0.3, 0.4) is 0 Å². The SMILES string of the molecule is O=[PH](CP(=O)(Oc1ccccc1)Oc1ccccc1)Oc1ccccc1. The van der Waals surface area contributed by atoms with Gasteiger partial charge in [-0.1, -0.05) is 54.6 Å². The lowest BCUT2D eigenvalue weighted by molar-refractivity contribution is 0.389. The number of benzene rings is 3. The van der Waals surface area contributed by atoms with E-state index in [1.807, 2.05) is 18.2 Å². The molecule has 1 atom stereocenters. The van der Waals surface area contributed by atoms with Gasteiger partial charge in [0.2, 0.25) is 0 Å². The number of hydrogen-bond donors (Lipinski definition) is 0. The average molecular weight is 388 g/mol. The van der Waals surface area contributed by atoms with Crippen molar-refractivity contribution in [3.8, 4) is 17.2 Å². The molecular formula is C19H18O5P2. The van der Waals surface area contributed by atoms with Crippen LogP contribution in [0.1, 0.15) is 0 Å². The molecule has 0 fully saturated rings. The van der Waals surface area contributed by atoms with Gasteiger partial charge in [0.25, 0.3) is 8.03 Å². The van der Waals surface area contributed by atoms with Crippen LogP contribution in [-0.2, 0) is 9.13 Å². The molecule has 0 saturated carbocycles. The average Bonchev–Trinajstić information content (AvgIpc) is 2.63. The zero-order valence-electron chi connectivity index (χ0n) is 13.9. The maximum atomic E-state index is 13.3. The van der Waals surface area contributed by atoms with Crippen LogP contribution in [-0.4, -0.2) is 5.90 Å². The van der Waals surface area contributed by atoms with Crippen molar-refractivity contribution >= 4 is 15.6 Å². The van der Waals surface area contributed by atoms with Gasteiger partial charge in [0.1, 0.15) is 17.2 Å². The first-order valence-corrected chi connectivity index (χ1v) is 11.2. The third kappa shape index (κ3) is 5.52. The molecular weight excluding hydrogens is 370 g/mol. The standard InChI is InChI=1S/C19H18O5P2/c20-25(22-17-10-4-1-5-11-17)16-26(21,23-18-12-6-2-7-13-18)24-19-14-8-3-9-15-19/h1-15,25H,16H2. The van der Waals surface area contributed by atoms with Crippen molar-refractivity contribution in [2.24, 2.45) is 0 Å². The van der Waals surface area contributed by atoms with Crippen LogP contribution in [0.15, 0.2) is 91.0 Å². The Balaban J connectivity index is 1.77. The van der Waals surface area contributed by atoms with Gasteiger partial charge in [-0.05, 0) is 36.4 Å². The lowest BCUT2D eigenvalue weighted by atomic mass is 10.3. The van der Waals surface area contributed by atoms with Gasteiger partial charge in [-0.2, -0.15) is 0 Å². The lowest BCUT2D eigenvalue weighted by Crippen LogP contribution is -2.04. The van der Waals surface area contributed by atoms with Crippen LogP contribution in [0.2, 0.25) is 0 Å². The first-order valence-electron chi connectivity index (χ1n) is 7.97. The Morgan fingerprint density at radius 1 is 0.654 bits per heavy atom. The van der Waals surface area contributed by atoms with Crippen molar-refractivity contribution in [3.63, 3.8) is 0 Å². The minimum Gasteiger partial charge on any atom is -0.444 e. The smallest absolute Gasteiger partial charge is 0.441 e. The Kier molecular flexibility index (Phi) is 6.17. The second-order valence-corrected chi connectivity index (χ2v) is 9.16. The van der Waals surface area contributed by atoms with Crippen LogP contribution < -0.4 is 13.6 Å². The van der Waals surface area contributed by atoms with E-state index in [1.54, 1.807) is 72.8 Å². The van der Waals surface area contributed by atoms with Gasteiger partial charge in [-0.15, -0.1) is 0 Å². The van der Waals surface area contributed by atoms with Crippen LogP contribution in [0, 0.1) is 0 Å². The summed E-state index contributed by atoms with van der Waals surface area (Å²) in [7, 11) is -6.45. The van der Waals surface area contributed by atoms with Crippen molar-refractivity contribution in [2.75, 3.05) is 5.90 Å². The molecule has 0 aliphatic carbocycles. The summed E-state index contributed by atoms with van der Waals surface area (Å²) in [6, 6.07) is 26.0. The number of hydrogen-bond acceptors (Lipinski definition) is 5. The molecule has 7 heteroatoms. The topological polar surface area (TPSA) is 61.8 Å². The van der Waals surface area contributed by atoms with E-state index < -0.39 is 15.6 Å². The molecule has 0 N–H and O–H groups in total. The van der Waals surface area contributed by atoms with E-state index in [-0.39, 0.29) is 5.90 Å². The summed E-state index contributed by atoms with van der Waals surface area (Å²) in [5, 5.41) is 0. The van der Waals surface area contributed by atoms with Gasteiger partial charge in [0.05, 0.1) is 0 Å². The van der Waals surface area contributed by atoms with Gasteiger partial charge >= 0.3 is 7.60 Å². The molecule has 3 aromatic rings. The summed E-state index contributed by atoms with van der Waals surface area (Å²) in [5.41, 5.74) is 0. The van der Waals surface area contributed by atoms with E-state index in [1.165, 1.54) is 0 Å². The summed E-state index contributed by atoms with van der Waals surface area (Å²) >= 11 is 0. The molecule has 0 saturated heterocycles. The highest BCUT2D eigenvalue weighted by atomic mass is 31.2. The van der Waals surface area contributed by atoms with Crippen LogP contribution in [0.4, 0.5) is 0 Å². The zero-order valence-corrected chi connectivity index (χ0v) is 15.8. The summed E-state index contributed by atoms with van der Waals surface area (Å²) in [5.74, 6) is 0.862. The molecule has 0 aliphatic rings. The Hall–Kier alpha value is -2.48. The molecule has 5 nitrogen and oxygen atoms in total. The normalized spacial score (nSPS) is 12.2. The van der Waals surface area contributed by atoms with Gasteiger partial charge in [-0.3, -0.25) is 4.57 Å². The maximum absolute atomic E-state index is 13.3. The summed E-state index contributed by atoms with van der Waals surface area (Å²) in [4.78, 5) is 0. The van der Waals surface area contributed by atoms with Gasteiger partial charge < -0.3 is 13.6 Å². The van der Waals surface area contributed by atoms with E-state index in [0.717, 1.165) is 0 Å². The van der Waals surface area contributed by atoms with E-state index in [9.17, 15) is 9.13 Å². The predicted molar refractivity (Wildman–Crippen MR) is 103 cm³/mol. The second-order valence-electron chi connectivity index (χ2n) is 5.36. The third-order valence-electron chi connectivity index (χ3n) is 3.27. The van der Waals surface area contributed by atoms with Gasteiger partial charge in [0.15, 0.2) is 5.90 Å². The molecule has 1 unspecified atom stereocenters. The van der Waals surface area contributed by atoms with Crippen molar-refractivity contribution in [2.45, 2.75) is 0 Å². The highest BCUT2D eigenvalue weighted by molar-refractivity contribution is 7.66. The van der Waals surface area contributed by atoms with Crippen LogP contribution >= 0.6 is 15.6 Å². The van der Waals surface area contributed by atoms with Crippen LogP contribution in [0.5, 0.6) is 17.2 Å². The molecule has 0 amide bonds. The van der Waals surface area contributed by atoms with E-state index in [4.69, 9.17) is 13.6 Å². The highest BCUT2D eigenvalue weighted by Gasteiger charge is 2.32. The molecule has 3 aromatic carbocycles. The summed E-state index contributed by atoms with van der Waals surface area (Å²) < 4.78 is 42.3. The van der Waals surface area contributed by atoms with Crippen LogP contribution in [0.25, 0.3) is 0 Å². The number of rotatable bonds is 8. The molecule has 0 aliphatic heterocycles. The minimum atomic E-state index is -3.75. The van der Waals surface area contributed by atoms with E-state index in [0.29, 0.717) is 17.2 Å². The zero-order chi connectivity index (χ0) is 18.2. The molecule has 26 heavy (non-hydrogen) atoms. The molecule has 0 spiro atoms. The number of para-hydroxylation sites is 3. The largest absolute Gasteiger partial charge is 0.444 e. The highest BCUT2D eigenvalue weighted by Crippen LogP contribution is 2.54. The van der Waals surface area contributed by atoms with Crippen molar-refractivity contribution in [1.82, 2.24) is 0 Å². The Bertz CT molecular complexity index is 840. The summed E-state index contributed by atoms with van der Waals surface area (Å²) in [6.45, 7) is 0. The fourth-order valence-corrected chi connectivity index (χ4v) is 5.54. The quantitative estimate of drug-likeness (QED) is 0.453. The van der Waals surface area contributed by atoms with Crippen molar-refractivity contribution in [3.05, 3.63) is 91.0 Å². The van der Waals surface area contributed by atoms with Gasteiger partial charge in [-0.25, -0.2) is 4.57 Å². The fourth-order valence-electron chi connectivity index (χ4n) is 2.18. The molecule has 0 aromatic heterocycles. The molecule has 0 bridgehead atoms. The Labute approximate surface area is 153 Å². The molecule has 0 radical (unpaired) electrons. The maximum Gasteiger partial charge on any atom is 0.441 e. The van der Waals surface area contributed by atoms with Gasteiger partial charge in [0, 0.05) is 0 Å². The molecule has 134 valence electrons. The lowest BCUT2D eigenvalue weighted by Gasteiger charge is -2.20. The second kappa shape index (κ2) is 8.75. The van der Waals surface area contributed by atoms with Crippen molar-refractivity contribution in [1.29, 1.82) is 0 Å². The molecule has 3 rings (SSSR count). The Morgan fingerprint density at radius 3 is 1.46 bits per heavy atom. The monoisotopic (exact) mass is 388 g/mol. The van der Waals surface area contributed by atoms with E-state index in [2.05, 4.69) is 0 Å². The first-order chi connectivity index (χ1) is 12.6.